The van der Waals surface area contributed by atoms with Gasteiger partial charge in [0.1, 0.15) is 11.5 Å². The molecular weight excluding hydrogens is 304 g/mol. The number of hydrogen-bond acceptors (Lipinski definition) is 5. The van der Waals surface area contributed by atoms with Gasteiger partial charge in [-0.25, -0.2) is 13.1 Å². The third kappa shape index (κ3) is 5.15. The number of ether oxygens (including phenoxy) is 2. The number of sulfonamides is 1. The lowest BCUT2D eigenvalue weighted by atomic mass is 10.1. The summed E-state index contributed by atoms with van der Waals surface area (Å²) in [4.78, 5) is 2.32. The normalized spacial score (nSPS) is 19.3. The number of hydrogen-bond donors (Lipinski definition) is 1. The molecule has 0 aromatic heterocycles. The Labute approximate surface area is 132 Å². The maximum absolute atomic E-state index is 11.1. The van der Waals surface area contributed by atoms with Crippen LogP contribution >= 0.6 is 0 Å². The highest BCUT2D eigenvalue weighted by molar-refractivity contribution is 7.88. The first kappa shape index (κ1) is 17.1. The third-order valence-electron chi connectivity index (χ3n) is 3.82. The molecule has 1 N–H and O–H groups in total. The van der Waals surface area contributed by atoms with Gasteiger partial charge in [0.05, 0.1) is 20.5 Å². The van der Waals surface area contributed by atoms with Crippen molar-refractivity contribution in [2.24, 2.45) is 5.92 Å². The van der Waals surface area contributed by atoms with Gasteiger partial charge in [-0.3, -0.25) is 4.90 Å². The number of rotatable bonds is 7. The van der Waals surface area contributed by atoms with Crippen LogP contribution in [0, 0.1) is 5.92 Å². The lowest BCUT2D eigenvalue weighted by Gasteiger charge is -2.17. The van der Waals surface area contributed by atoms with Crippen LogP contribution in [-0.4, -0.2) is 53.4 Å². The second-order valence-corrected chi connectivity index (χ2v) is 7.56. The minimum Gasteiger partial charge on any atom is -0.497 e. The molecule has 1 aliphatic heterocycles. The fourth-order valence-electron chi connectivity index (χ4n) is 2.71. The van der Waals surface area contributed by atoms with Gasteiger partial charge in [-0.2, -0.15) is 0 Å². The van der Waals surface area contributed by atoms with Crippen LogP contribution in [0.2, 0.25) is 0 Å². The van der Waals surface area contributed by atoms with Gasteiger partial charge < -0.3 is 9.47 Å². The molecule has 1 fully saturated rings. The van der Waals surface area contributed by atoms with Gasteiger partial charge >= 0.3 is 0 Å². The van der Waals surface area contributed by atoms with Crippen molar-refractivity contribution in [2.75, 3.05) is 40.1 Å². The van der Waals surface area contributed by atoms with Crippen molar-refractivity contribution in [3.8, 4) is 11.5 Å². The summed E-state index contributed by atoms with van der Waals surface area (Å²) in [5, 5.41) is 0. The average Bonchev–Trinajstić information content (AvgIpc) is 2.91. The van der Waals surface area contributed by atoms with Gasteiger partial charge in [-0.1, -0.05) is 0 Å². The zero-order valence-corrected chi connectivity index (χ0v) is 14.1. The van der Waals surface area contributed by atoms with Crippen LogP contribution in [0.3, 0.4) is 0 Å². The Morgan fingerprint density at radius 3 is 2.41 bits per heavy atom. The van der Waals surface area contributed by atoms with E-state index in [2.05, 4.69) is 9.62 Å². The number of likely N-dealkylation sites (tertiary alicyclic amines) is 1. The molecule has 0 bridgehead atoms. The second-order valence-electron chi connectivity index (χ2n) is 5.73. The van der Waals surface area contributed by atoms with Gasteiger partial charge in [-0.15, -0.1) is 0 Å². The van der Waals surface area contributed by atoms with Crippen molar-refractivity contribution in [3.05, 3.63) is 23.8 Å². The van der Waals surface area contributed by atoms with Gasteiger partial charge in [0, 0.05) is 25.7 Å². The van der Waals surface area contributed by atoms with Crippen LogP contribution in [-0.2, 0) is 16.6 Å². The van der Waals surface area contributed by atoms with E-state index < -0.39 is 10.0 Å². The summed E-state index contributed by atoms with van der Waals surface area (Å²) in [5.41, 5.74) is 1.13. The monoisotopic (exact) mass is 328 g/mol. The van der Waals surface area contributed by atoms with Crippen molar-refractivity contribution in [3.63, 3.8) is 0 Å². The maximum Gasteiger partial charge on any atom is 0.208 e. The largest absolute Gasteiger partial charge is 0.497 e. The molecular formula is C15H24N2O4S. The Morgan fingerprint density at radius 2 is 1.86 bits per heavy atom. The van der Waals surface area contributed by atoms with Gasteiger partial charge in [0.2, 0.25) is 10.0 Å². The van der Waals surface area contributed by atoms with E-state index in [1.807, 2.05) is 18.2 Å². The van der Waals surface area contributed by atoms with E-state index in [1.54, 1.807) is 14.2 Å². The van der Waals surface area contributed by atoms with Crippen LogP contribution in [0.15, 0.2) is 18.2 Å². The predicted octanol–water partition coefficient (Wildman–Crippen LogP) is 1.07. The molecule has 1 atom stereocenters. The molecule has 22 heavy (non-hydrogen) atoms. The lowest BCUT2D eigenvalue weighted by Crippen LogP contribution is -2.30. The molecule has 7 heteroatoms. The second kappa shape index (κ2) is 7.30. The molecule has 1 heterocycles. The smallest absolute Gasteiger partial charge is 0.208 e. The van der Waals surface area contributed by atoms with E-state index in [0.29, 0.717) is 12.5 Å². The minimum absolute atomic E-state index is 0.363. The summed E-state index contributed by atoms with van der Waals surface area (Å²) in [5.74, 6) is 1.93. The molecule has 6 nitrogen and oxygen atoms in total. The van der Waals surface area contributed by atoms with Crippen molar-refractivity contribution < 1.29 is 17.9 Å². The molecule has 1 aromatic rings. The van der Waals surface area contributed by atoms with E-state index in [1.165, 1.54) is 6.26 Å². The fraction of sp³-hybridized carbons (Fsp3) is 0.600. The number of nitrogens with one attached hydrogen (secondary N) is 1. The van der Waals surface area contributed by atoms with Crippen molar-refractivity contribution in [2.45, 2.75) is 13.0 Å². The highest BCUT2D eigenvalue weighted by Crippen LogP contribution is 2.25. The van der Waals surface area contributed by atoms with Gasteiger partial charge in [-0.05, 0) is 36.6 Å². The molecule has 0 amide bonds. The van der Waals surface area contributed by atoms with Crippen molar-refractivity contribution in [1.29, 1.82) is 0 Å². The zero-order valence-electron chi connectivity index (χ0n) is 13.3. The third-order valence-corrected chi connectivity index (χ3v) is 4.51. The SMILES string of the molecule is COc1cc(CN2CCC(CNS(C)(=O)=O)C2)cc(OC)c1. The summed E-state index contributed by atoms with van der Waals surface area (Å²) >= 11 is 0. The highest BCUT2D eigenvalue weighted by Gasteiger charge is 2.23. The van der Waals surface area contributed by atoms with Crippen molar-refractivity contribution >= 4 is 10.0 Å². The van der Waals surface area contributed by atoms with E-state index in [9.17, 15) is 8.42 Å². The Bertz CT molecular complexity index is 581. The van der Waals surface area contributed by atoms with E-state index in [-0.39, 0.29) is 0 Å². The van der Waals surface area contributed by atoms with Gasteiger partial charge in [0.15, 0.2) is 0 Å². The highest BCUT2D eigenvalue weighted by atomic mass is 32.2. The first-order valence-corrected chi connectivity index (χ1v) is 9.17. The summed E-state index contributed by atoms with van der Waals surface area (Å²) < 4.78 is 35.5. The van der Waals surface area contributed by atoms with Crippen LogP contribution in [0.5, 0.6) is 11.5 Å². The van der Waals surface area contributed by atoms with Crippen LogP contribution < -0.4 is 14.2 Å². The van der Waals surface area contributed by atoms with Crippen LogP contribution in [0.4, 0.5) is 0 Å². The number of nitrogens with zero attached hydrogens (tertiary/aromatic N) is 1. The summed E-state index contributed by atoms with van der Waals surface area (Å²) in [6, 6.07) is 5.86. The Hall–Kier alpha value is -1.31. The van der Waals surface area contributed by atoms with E-state index in [4.69, 9.17) is 9.47 Å². The standard InChI is InChI=1S/C15H24N2O4S/c1-20-14-6-13(7-15(8-14)21-2)11-17-5-4-12(10-17)9-16-22(3,18)19/h6-8,12,16H,4-5,9-11H2,1-3H3. The Balaban J connectivity index is 1.92. The van der Waals surface area contributed by atoms with E-state index in [0.717, 1.165) is 43.1 Å². The molecule has 1 aromatic carbocycles. The molecule has 1 saturated heterocycles. The minimum atomic E-state index is -3.11. The van der Waals surface area contributed by atoms with E-state index >= 15 is 0 Å². The first-order chi connectivity index (χ1) is 10.4. The molecule has 2 rings (SSSR count). The Morgan fingerprint density at radius 1 is 1.23 bits per heavy atom. The average molecular weight is 328 g/mol. The quantitative estimate of drug-likeness (QED) is 0.811. The molecule has 0 radical (unpaired) electrons. The molecule has 0 saturated carbocycles. The predicted molar refractivity (Wildman–Crippen MR) is 85.8 cm³/mol. The molecule has 1 aliphatic rings. The van der Waals surface area contributed by atoms with Crippen LogP contribution in [0.25, 0.3) is 0 Å². The summed E-state index contributed by atoms with van der Waals surface area (Å²) in [6.07, 6.45) is 2.20. The van der Waals surface area contributed by atoms with Crippen LogP contribution in [0.1, 0.15) is 12.0 Å². The van der Waals surface area contributed by atoms with Gasteiger partial charge in [0.25, 0.3) is 0 Å². The summed E-state index contributed by atoms with van der Waals surface area (Å²) in [7, 11) is 0.173. The van der Waals surface area contributed by atoms with Crippen molar-refractivity contribution in [1.82, 2.24) is 9.62 Å². The zero-order chi connectivity index (χ0) is 16.2. The molecule has 124 valence electrons. The fourth-order valence-corrected chi connectivity index (χ4v) is 3.25. The first-order valence-electron chi connectivity index (χ1n) is 7.28. The Kier molecular flexibility index (Phi) is 5.66. The topological polar surface area (TPSA) is 67.9 Å². The number of benzene rings is 1. The number of methoxy groups -OCH3 is 2. The molecule has 0 aliphatic carbocycles. The molecule has 0 spiro atoms. The summed E-state index contributed by atoms with van der Waals surface area (Å²) in [6.45, 7) is 3.18. The maximum atomic E-state index is 11.1. The lowest BCUT2D eigenvalue weighted by molar-refractivity contribution is 0.314. The molecule has 1 unspecified atom stereocenters.